The van der Waals surface area contributed by atoms with Crippen molar-refractivity contribution in [3.63, 3.8) is 0 Å². The fourth-order valence-corrected chi connectivity index (χ4v) is 2.63. The molecule has 0 aliphatic carbocycles. The number of urea groups is 1. The summed E-state index contributed by atoms with van der Waals surface area (Å²) in [6.45, 7) is 4.66. The van der Waals surface area contributed by atoms with Crippen LogP contribution in [0.5, 0.6) is 0 Å². The van der Waals surface area contributed by atoms with Crippen LogP contribution in [0.15, 0.2) is 35.5 Å². The van der Waals surface area contributed by atoms with Crippen LogP contribution in [0, 0.1) is 5.82 Å². The lowest BCUT2D eigenvalue weighted by Crippen LogP contribution is -2.51. The molecule has 0 fully saturated rings. The van der Waals surface area contributed by atoms with Crippen molar-refractivity contribution in [3.05, 3.63) is 46.9 Å². The second kappa shape index (κ2) is 7.92. The summed E-state index contributed by atoms with van der Waals surface area (Å²) in [7, 11) is 1.86. The van der Waals surface area contributed by atoms with Crippen molar-refractivity contribution in [2.45, 2.75) is 26.4 Å². The average molecular weight is 335 g/mol. The van der Waals surface area contributed by atoms with Gasteiger partial charge in [-0.05, 0) is 38.6 Å². The lowest BCUT2D eigenvalue weighted by molar-refractivity contribution is -0.139. The number of nitrogens with one attached hydrogen (secondary N) is 2. The zero-order chi connectivity index (χ0) is 17.7. The third kappa shape index (κ3) is 4.55. The van der Waals surface area contributed by atoms with Crippen molar-refractivity contribution in [2.24, 2.45) is 0 Å². The zero-order valence-electron chi connectivity index (χ0n) is 14.1. The van der Waals surface area contributed by atoms with Gasteiger partial charge in [0, 0.05) is 18.8 Å². The lowest BCUT2D eigenvalue weighted by atomic mass is 10.0. The van der Waals surface area contributed by atoms with E-state index < -0.39 is 12.0 Å². The molecule has 1 aromatic carbocycles. The summed E-state index contributed by atoms with van der Waals surface area (Å²) in [6.07, 6.45) is 0. The van der Waals surface area contributed by atoms with Crippen molar-refractivity contribution < 1.29 is 18.7 Å². The van der Waals surface area contributed by atoms with Crippen LogP contribution in [0.3, 0.4) is 0 Å². The molecule has 1 unspecified atom stereocenters. The second-order valence-electron chi connectivity index (χ2n) is 5.73. The molecule has 6 nitrogen and oxygen atoms in total. The maximum atomic E-state index is 13.0. The third-order valence-electron chi connectivity index (χ3n) is 3.66. The van der Waals surface area contributed by atoms with Gasteiger partial charge < -0.3 is 15.4 Å². The third-order valence-corrected chi connectivity index (χ3v) is 3.66. The van der Waals surface area contributed by atoms with Gasteiger partial charge in [0.15, 0.2) is 0 Å². The Hall–Kier alpha value is -2.41. The van der Waals surface area contributed by atoms with Gasteiger partial charge in [0.05, 0.1) is 18.2 Å². The number of likely N-dealkylation sites (N-methyl/N-ethyl adjacent to an activating group) is 1. The van der Waals surface area contributed by atoms with Crippen molar-refractivity contribution in [1.82, 2.24) is 15.5 Å². The maximum absolute atomic E-state index is 13.0. The highest BCUT2D eigenvalue weighted by Gasteiger charge is 2.30. The monoisotopic (exact) mass is 335 g/mol. The summed E-state index contributed by atoms with van der Waals surface area (Å²) in [5, 5.41) is 5.35. The van der Waals surface area contributed by atoms with Gasteiger partial charge in [0.2, 0.25) is 0 Å². The predicted molar refractivity (Wildman–Crippen MR) is 87.5 cm³/mol. The number of amides is 2. The number of hydrogen-bond donors (Lipinski definition) is 2. The van der Waals surface area contributed by atoms with Crippen molar-refractivity contribution >= 4 is 12.0 Å². The van der Waals surface area contributed by atoms with Gasteiger partial charge in [0.25, 0.3) is 0 Å². The number of carbonyl (C=O) groups excluding carboxylic acids is 2. The molecule has 2 N–H and O–H groups in total. The van der Waals surface area contributed by atoms with Crippen LogP contribution in [0.1, 0.15) is 19.4 Å². The van der Waals surface area contributed by atoms with Crippen LogP contribution in [0.2, 0.25) is 0 Å². The van der Waals surface area contributed by atoms with Crippen LogP contribution in [-0.2, 0) is 16.1 Å². The molecule has 0 saturated carbocycles. The molecule has 1 aliphatic heterocycles. The van der Waals surface area contributed by atoms with Gasteiger partial charge in [-0.2, -0.15) is 0 Å². The number of ether oxygens (including phenoxy) is 1. The molecular weight excluding hydrogens is 313 g/mol. The van der Waals surface area contributed by atoms with Crippen molar-refractivity contribution in [1.29, 1.82) is 0 Å². The smallest absolute Gasteiger partial charge is 0.337 e. The molecule has 130 valence electrons. The Morgan fingerprint density at radius 2 is 1.96 bits per heavy atom. The summed E-state index contributed by atoms with van der Waals surface area (Å²) < 4.78 is 18.1. The molecular formula is C17H22FN3O3. The summed E-state index contributed by atoms with van der Waals surface area (Å²) in [5.41, 5.74) is 1.88. The van der Waals surface area contributed by atoms with Crippen LogP contribution in [0.4, 0.5) is 9.18 Å². The highest BCUT2D eigenvalue weighted by molar-refractivity contribution is 5.94. The summed E-state index contributed by atoms with van der Waals surface area (Å²) in [6, 6.07) is 5.45. The average Bonchev–Trinajstić information content (AvgIpc) is 2.49. The van der Waals surface area contributed by atoms with E-state index in [1.165, 1.54) is 12.1 Å². The van der Waals surface area contributed by atoms with Gasteiger partial charge >= 0.3 is 12.0 Å². The minimum atomic E-state index is -0.442. The number of hydrogen-bond acceptors (Lipinski definition) is 4. The minimum Gasteiger partial charge on any atom is -0.463 e. The molecule has 0 aromatic heterocycles. The summed E-state index contributed by atoms with van der Waals surface area (Å²) in [5.74, 6) is -0.726. The van der Waals surface area contributed by atoms with Crippen molar-refractivity contribution in [3.8, 4) is 0 Å². The van der Waals surface area contributed by atoms with Crippen LogP contribution < -0.4 is 10.6 Å². The fourth-order valence-electron chi connectivity index (χ4n) is 2.63. The topological polar surface area (TPSA) is 70.7 Å². The summed E-state index contributed by atoms with van der Waals surface area (Å²) in [4.78, 5) is 25.8. The number of benzene rings is 1. The SMILES string of the molecule is CCOC(=O)C1=C(CN(C)Cc2ccc(F)cc2)NC(=O)NC1C. The Kier molecular flexibility index (Phi) is 5.92. The van der Waals surface area contributed by atoms with E-state index in [0.29, 0.717) is 24.4 Å². The quantitative estimate of drug-likeness (QED) is 0.778. The molecule has 0 spiro atoms. The Bertz CT molecular complexity index is 643. The van der Waals surface area contributed by atoms with Gasteiger partial charge in [-0.1, -0.05) is 12.1 Å². The van der Waals surface area contributed by atoms with Crippen LogP contribution in [0.25, 0.3) is 0 Å². The van der Waals surface area contributed by atoms with Crippen LogP contribution in [-0.4, -0.2) is 43.1 Å². The first-order valence-corrected chi connectivity index (χ1v) is 7.81. The Balaban J connectivity index is 2.15. The fraction of sp³-hybridized carbons (Fsp3) is 0.412. The van der Waals surface area contributed by atoms with E-state index in [0.717, 1.165) is 5.56 Å². The minimum absolute atomic E-state index is 0.266. The molecule has 7 heteroatoms. The standard InChI is InChI=1S/C17H22FN3O3/c1-4-24-16(22)15-11(2)19-17(23)20-14(15)10-21(3)9-12-5-7-13(18)8-6-12/h5-8,11H,4,9-10H2,1-3H3,(H2,19,20,23). The zero-order valence-corrected chi connectivity index (χ0v) is 14.1. The molecule has 0 saturated heterocycles. The van der Waals surface area contributed by atoms with E-state index in [9.17, 15) is 14.0 Å². The molecule has 1 atom stereocenters. The highest BCUT2D eigenvalue weighted by Crippen LogP contribution is 2.16. The van der Waals surface area contributed by atoms with Gasteiger partial charge in [-0.15, -0.1) is 0 Å². The van der Waals surface area contributed by atoms with E-state index in [1.54, 1.807) is 26.0 Å². The van der Waals surface area contributed by atoms with E-state index >= 15 is 0 Å². The lowest BCUT2D eigenvalue weighted by Gasteiger charge is -2.29. The van der Waals surface area contributed by atoms with Gasteiger partial charge in [-0.3, -0.25) is 4.90 Å². The highest BCUT2D eigenvalue weighted by atomic mass is 19.1. The normalized spacial score (nSPS) is 17.5. The number of rotatable bonds is 6. The molecule has 1 heterocycles. The van der Waals surface area contributed by atoms with Gasteiger partial charge in [-0.25, -0.2) is 14.0 Å². The molecule has 0 radical (unpaired) electrons. The molecule has 1 aromatic rings. The van der Waals surface area contributed by atoms with E-state index in [4.69, 9.17) is 4.74 Å². The summed E-state index contributed by atoms with van der Waals surface area (Å²) >= 11 is 0. The maximum Gasteiger partial charge on any atom is 0.337 e. The number of halogens is 1. The molecule has 1 aliphatic rings. The Labute approximate surface area is 140 Å². The Morgan fingerprint density at radius 1 is 1.29 bits per heavy atom. The van der Waals surface area contributed by atoms with E-state index in [2.05, 4.69) is 10.6 Å². The molecule has 2 amide bonds. The first kappa shape index (κ1) is 17.9. The first-order chi connectivity index (χ1) is 11.4. The van der Waals surface area contributed by atoms with E-state index in [1.807, 2.05) is 11.9 Å². The number of nitrogens with zero attached hydrogens (tertiary/aromatic N) is 1. The molecule has 0 bridgehead atoms. The molecule has 2 rings (SSSR count). The van der Waals surface area contributed by atoms with Crippen LogP contribution >= 0.6 is 0 Å². The first-order valence-electron chi connectivity index (χ1n) is 7.81. The molecule has 24 heavy (non-hydrogen) atoms. The second-order valence-corrected chi connectivity index (χ2v) is 5.73. The van der Waals surface area contributed by atoms with Crippen molar-refractivity contribution in [2.75, 3.05) is 20.2 Å². The predicted octanol–water partition coefficient (Wildman–Crippen LogP) is 1.78. The van der Waals surface area contributed by atoms with Gasteiger partial charge in [0.1, 0.15) is 5.82 Å². The van der Waals surface area contributed by atoms with E-state index in [-0.39, 0.29) is 18.5 Å². The number of esters is 1. The number of carbonyl (C=O) groups is 2. The largest absolute Gasteiger partial charge is 0.463 e. The Morgan fingerprint density at radius 3 is 2.58 bits per heavy atom.